The number of fused-ring (bicyclic) bond motifs is 1. The van der Waals surface area contributed by atoms with E-state index in [9.17, 15) is 18.0 Å². The second-order valence-electron chi connectivity index (χ2n) is 5.92. The van der Waals surface area contributed by atoms with Gasteiger partial charge in [0.25, 0.3) is 15.9 Å². The molecule has 0 atom stereocenters. The Bertz CT molecular complexity index is 972. The highest BCUT2D eigenvalue weighted by Gasteiger charge is 2.41. The van der Waals surface area contributed by atoms with Crippen molar-refractivity contribution in [2.45, 2.75) is 11.8 Å². The average molecular weight is 404 g/mol. The molecule has 0 unspecified atom stereocenters. The fourth-order valence-electron chi connectivity index (χ4n) is 2.73. The van der Waals surface area contributed by atoms with E-state index in [4.69, 9.17) is 9.47 Å². The van der Waals surface area contributed by atoms with Gasteiger partial charge in [0.1, 0.15) is 29.5 Å². The maximum Gasteiger partial charge on any atom is 0.269 e. The number of amides is 2. The van der Waals surface area contributed by atoms with Gasteiger partial charge in [0, 0.05) is 0 Å². The first-order chi connectivity index (χ1) is 13.4. The smallest absolute Gasteiger partial charge is 0.269 e. The summed E-state index contributed by atoms with van der Waals surface area (Å²) >= 11 is 0. The molecule has 3 rings (SSSR count). The number of carbonyl (C=O) groups is 2. The van der Waals surface area contributed by atoms with Gasteiger partial charge in [-0.05, 0) is 43.3 Å². The number of benzene rings is 2. The summed E-state index contributed by atoms with van der Waals surface area (Å²) in [5.74, 6) is 0.0718. The molecule has 0 bridgehead atoms. The minimum atomic E-state index is -3.99. The molecule has 2 amide bonds. The molecule has 0 aliphatic carbocycles. The van der Waals surface area contributed by atoms with Gasteiger partial charge in [0.2, 0.25) is 5.91 Å². The van der Waals surface area contributed by atoms with Crippen molar-refractivity contribution in [2.75, 3.05) is 26.3 Å². The zero-order valence-corrected chi connectivity index (χ0v) is 16.1. The molecule has 1 heterocycles. The summed E-state index contributed by atoms with van der Waals surface area (Å²) in [7, 11) is -3.99. The fourth-order valence-corrected chi connectivity index (χ4v) is 4.26. The second-order valence-corrected chi connectivity index (χ2v) is 7.75. The topological polar surface area (TPSA) is 102 Å². The van der Waals surface area contributed by atoms with E-state index in [-0.39, 0.29) is 23.6 Å². The van der Waals surface area contributed by atoms with E-state index < -0.39 is 28.4 Å². The molecule has 148 valence electrons. The van der Waals surface area contributed by atoms with Crippen LogP contribution < -0.4 is 14.8 Å². The highest BCUT2D eigenvalue weighted by molar-refractivity contribution is 7.90. The molecule has 2 aromatic rings. The molecule has 1 N–H and O–H groups in total. The highest BCUT2D eigenvalue weighted by atomic mass is 32.2. The quantitative estimate of drug-likeness (QED) is 0.668. The maximum absolute atomic E-state index is 12.4. The number of nitrogens with one attached hydrogen (secondary N) is 1. The van der Waals surface area contributed by atoms with E-state index in [2.05, 4.69) is 5.32 Å². The predicted octanol–water partition coefficient (Wildman–Crippen LogP) is 1.42. The Morgan fingerprint density at radius 3 is 2.32 bits per heavy atom. The predicted molar refractivity (Wildman–Crippen MR) is 101 cm³/mol. The summed E-state index contributed by atoms with van der Waals surface area (Å²) in [6, 6.07) is 12.9. The van der Waals surface area contributed by atoms with Crippen molar-refractivity contribution in [3.8, 4) is 11.5 Å². The average Bonchev–Trinajstić information content (AvgIpc) is 2.88. The third-order valence-corrected chi connectivity index (χ3v) is 5.81. The standard InChI is InChI=1S/C19H20N2O6S/c1-2-26-14-7-9-15(10-8-14)27-12-11-20-18(22)13-21-19(23)16-5-3-4-6-17(16)28(21,24)25/h3-10H,2,11-13H2,1H3,(H,20,22). The Hall–Kier alpha value is -3.07. The first-order valence-corrected chi connectivity index (χ1v) is 10.2. The van der Waals surface area contributed by atoms with Crippen LogP contribution in [0.5, 0.6) is 11.5 Å². The lowest BCUT2D eigenvalue weighted by atomic mass is 10.2. The SMILES string of the molecule is CCOc1ccc(OCCNC(=O)CN2C(=O)c3ccccc3S2(=O)=O)cc1. The molecule has 0 saturated carbocycles. The third kappa shape index (κ3) is 4.09. The normalized spacial score (nSPS) is 14.5. The van der Waals surface area contributed by atoms with Crippen LogP contribution in [0.4, 0.5) is 0 Å². The summed E-state index contributed by atoms with van der Waals surface area (Å²) in [5, 5.41) is 2.55. The third-order valence-electron chi connectivity index (χ3n) is 4.03. The molecular weight excluding hydrogens is 384 g/mol. The van der Waals surface area contributed by atoms with Crippen molar-refractivity contribution in [2.24, 2.45) is 0 Å². The van der Waals surface area contributed by atoms with Gasteiger partial charge in [-0.3, -0.25) is 9.59 Å². The summed E-state index contributed by atoms with van der Waals surface area (Å²) < 4.78 is 36.2. The van der Waals surface area contributed by atoms with Crippen molar-refractivity contribution in [1.82, 2.24) is 9.62 Å². The first-order valence-electron chi connectivity index (χ1n) is 8.72. The molecule has 1 aliphatic rings. The van der Waals surface area contributed by atoms with E-state index >= 15 is 0 Å². The van der Waals surface area contributed by atoms with Crippen LogP contribution in [-0.4, -0.2) is 50.8 Å². The van der Waals surface area contributed by atoms with Crippen LogP contribution in [0.3, 0.4) is 0 Å². The number of carbonyl (C=O) groups excluding carboxylic acids is 2. The number of ether oxygens (including phenoxy) is 2. The van der Waals surface area contributed by atoms with Crippen molar-refractivity contribution < 1.29 is 27.5 Å². The zero-order valence-electron chi connectivity index (χ0n) is 15.3. The molecule has 2 aromatic carbocycles. The lowest BCUT2D eigenvalue weighted by molar-refractivity contribution is -0.121. The van der Waals surface area contributed by atoms with Gasteiger partial charge in [-0.25, -0.2) is 12.7 Å². The molecule has 8 nitrogen and oxygen atoms in total. The van der Waals surface area contributed by atoms with Crippen LogP contribution >= 0.6 is 0 Å². The Kier molecular flexibility index (Phi) is 5.84. The second kappa shape index (κ2) is 8.30. The summed E-state index contributed by atoms with van der Waals surface area (Å²) in [5.41, 5.74) is 0.0779. The molecular formula is C19H20N2O6S. The van der Waals surface area contributed by atoms with Crippen molar-refractivity contribution in [3.63, 3.8) is 0 Å². The minimum absolute atomic E-state index is 0.0772. The number of rotatable bonds is 8. The van der Waals surface area contributed by atoms with Crippen LogP contribution in [-0.2, 0) is 14.8 Å². The van der Waals surface area contributed by atoms with Gasteiger partial charge in [-0.15, -0.1) is 0 Å². The zero-order chi connectivity index (χ0) is 20.1. The van der Waals surface area contributed by atoms with E-state index in [1.54, 1.807) is 30.3 Å². The van der Waals surface area contributed by atoms with Crippen LogP contribution in [0, 0.1) is 0 Å². The number of hydrogen-bond acceptors (Lipinski definition) is 6. The summed E-state index contributed by atoms with van der Waals surface area (Å²) in [4.78, 5) is 24.3. The van der Waals surface area contributed by atoms with Gasteiger partial charge in [0.15, 0.2) is 0 Å². The maximum atomic E-state index is 12.4. The largest absolute Gasteiger partial charge is 0.494 e. The molecule has 0 radical (unpaired) electrons. The number of hydrogen-bond donors (Lipinski definition) is 1. The number of sulfonamides is 1. The fraction of sp³-hybridized carbons (Fsp3) is 0.263. The molecule has 0 aromatic heterocycles. The Balaban J connectivity index is 1.48. The first kappa shape index (κ1) is 19.7. The molecule has 1 aliphatic heterocycles. The minimum Gasteiger partial charge on any atom is -0.494 e. The van der Waals surface area contributed by atoms with E-state index in [1.807, 2.05) is 6.92 Å². The van der Waals surface area contributed by atoms with Gasteiger partial charge in [0.05, 0.1) is 18.7 Å². The van der Waals surface area contributed by atoms with Gasteiger partial charge >= 0.3 is 0 Å². The monoisotopic (exact) mass is 404 g/mol. The van der Waals surface area contributed by atoms with E-state index in [1.165, 1.54) is 18.2 Å². The molecule has 0 saturated heterocycles. The Labute approximate surface area is 163 Å². The van der Waals surface area contributed by atoms with Crippen LogP contribution in [0.1, 0.15) is 17.3 Å². The van der Waals surface area contributed by atoms with E-state index in [0.29, 0.717) is 16.7 Å². The lowest BCUT2D eigenvalue weighted by Gasteiger charge is -2.15. The van der Waals surface area contributed by atoms with E-state index in [0.717, 1.165) is 5.75 Å². The van der Waals surface area contributed by atoms with Crippen molar-refractivity contribution in [1.29, 1.82) is 0 Å². The molecule has 0 fully saturated rings. The van der Waals surface area contributed by atoms with Crippen molar-refractivity contribution >= 4 is 21.8 Å². The summed E-state index contributed by atoms with van der Waals surface area (Å²) in [6.45, 7) is 2.26. The summed E-state index contributed by atoms with van der Waals surface area (Å²) in [6.07, 6.45) is 0. The van der Waals surface area contributed by atoms with Crippen LogP contribution in [0.2, 0.25) is 0 Å². The molecule has 0 spiro atoms. The van der Waals surface area contributed by atoms with Crippen LogP contribution in [0.25, 0.3) is 0 Å². The number of nitrogens with zero attached hydrogens (tertiary/aromatic N) is 1. The Morgan fingerprint density at radius 2 is 1.68 bits per heavy atom. The Morgan fingerprint density at radius 1 is 1.04 bits per heavy atom. The van der Waals surface area contributed by atoms with Crippen LogP contribution in [0.15, 0.2) is 53.4 Å². The van der Waals surface area contributed by atoms with Gasteiger partial charge in [-0.2, -0.15) is 0 Å². The molecule has 9 heteroatoms. The van der Waals surface area contributed by atoms with Crippen molar-refractivity contribution in [3.05, 3.63) is 54.1 Å². The molecule has 28 heavy (non-hydrogen) atoms. The highest BCUT2D eigenvalue weighted by Crippen LogP contribution is 2.29. The lowest BCUT2D eigenvalue weighted by Crippen LogP contribution is -2.41. The van der Waals surface area contributed by atoms with Gasteiger partial charge < -0.3 is 14.8 Å². The van der Waals surface area contributed by atoms with Gasteiger partial charge in [-0.1, -0.05) is 12.1 Å².